The van der Waals surface area contributed by atoms with E-state index in [-0.39, 0.29) is 11.9 Å². The molecular weight excluding hydrogens is 312 g/mol. The predicted octanol–water partition coefficient (Wildman–Crippen LogP) is 5.30. The molecule has 0 radical (unpaired) electrons. The molecule has 0 aromatic heterocycles. The van der Waals surface area contributed by atoms with Crippen molar-refractivity contribution in [3.8, 4) is 5.75 Å². The van der Waals surface area contributed by atoms with E-state index >= 15 is 0 Å². The second-order valence-electron chi connectivity index (χ2n) is 7.06. The van der Waals surface area contributed by atoms with Crippen molar-refractivity contribution in [2.45, 2.75) is 47.3 Å². The summed E-state index contributed by atoms with van der Waals surface area (Å²) >= 11 is 0. The van der Waals surface area contributed by atoms with Crippen molar-refractivity contribution in [1.29, 1.82) is 0 Å². The molecule has 0 bridgehead atoms. The molecule has 2 aromatic rings. The van der Waals surface area contributed by atoms with Crippen molar-refractivity contribution >= 4 is 5.97 Å². The second-order valence-corrected chi connectivity index (χ2v) is 7.06. The van der Waals surface area contributed by atoms with Gasteiger partial charge in [0.15, 0.2) is 0 Å². The minimum absolute atomic E-state index is 0.0582. The highest BCUT2D eigenvalue weighted by molar-refractivity contribution is 5.71. The summed E-state index contributed by atoms with van der Waals surface area (Å²) in [6.07, 6.45) is 0.852. The third-order valence-corrected chi connectivity index (χ3v) is 4.06. The maximum atomic E-state index is 12.0. The van der Waals surface area contributed by atoms with Gasteiger partial charge in [0, 0.05) is 0 Å². The van der Waals surface area contributed by atoms with Crippen LogP contribution >= 0.6 is 0 Å². The van der Waals surface area contributed by atoms with Crippen LogP contribution in [0.4, 0.5) is 0 Å². The lowest BCUT2D eigenvalue weighted by Crippen LogP contribution is -2.16. The molecule has 3 nitrogen and oxygen atoms in total. The fourth-order valence-electron chi connectivity index (χ4n) is 2.63. The molecule has 134 valence electrons. The molecule has 25 heavy (non-hydrogen) atoms. The maximum Gasteiger partial charge on any atom is 0.308 e. The third kappa shape index (κ3) is 6.61. The van der Waals surface area contributed by atoms with E-state index in [1.807, 2.05) is 31.2 Å². The largest absolute Gasteiger partial charge is 0.489 e. The van der Waals surface area contributed by atoms with Gasteiger partial charge in [-0.25, -0.2) is 0 Å². The van der Waals surface area contributed by atoms with Gasteiger partial charge in [-0.3, -0.25) is 4.79 Å². The molecule has 2 aromatic carbocycles. The Bertz CT molecular complexity index is 657. The highest BCUT2D eigenvalue weighted by atomic mass is 16.5. The van der Waals surface area contributed by atoms with E-state index in [9.17, 15) is 4.79 Å². The first-order valence-corrected chi connectivity index (χ1v) is 8.88. The van der Waals surface area contributed by atoms with Crippen molar-refractivity contribution in [3.63, 3.8) is 0 Å². The van der Waals surface area contributed by atoms with Crippen LogP contribution in [0, 0.1) is 18.8 Å². The van der Waals surface area contributed by atoms with Gasteiger partial charge < -0.3 is 9.47 Å². The number of benzene rings is 2. The van der Waals surface area contributed by atoms with Crippen LogP contribution in [-0.4, -0.2) is 5.97 Å². The number of carbonyl (C=O) groups is 1. The summed E-state index contributed by atoms with van der Waals surface area (Å²) in [5, 5.41) is 0. The number of aryl methyl sites for hydroxylation is 1. The van der Waals surface area contributed by atoms with E-state index in [0.717, 1.165) is 23.3 Å². The van der Waals surface area contributed by atoms with Gasteiger partial charge in [0.1, 0.15) is 19.0 Å². The average molecular weight is 340 g/mol. The first kappa shape index (κ1) is 19.0. The number of hydrogen-bond donors (Lipinski definition) is 0. The minimum Gasteiger partial charge on any atom is -0.489 e. The van der Waals surface area contributed by atoms with Crippen molar-refractivity contribution in [2.75, 3.05) is 0 Å². The number of esters is 1. The Labute approximate surface area is 151 Å². The van der Waals surface area contributed by atoms with Crippen LogP contribution in [0.25, 0.3) is 0 Å². The predicted molar refractivity (Wildman–Crippen MR) is 100 cm³/mol. The first-order valence-electron chi connectivity index (χ1n) is 8.88. The van der Waals surface area contributed by atoms with Crippen LogP contribution in [-0.2, 0) is 22.7 Å². The SMILES string of the molecule is Cc1ccc(COc2ccc(COC(=O)C(C)CC(C)C)cc2)cc1. The lowest BCUT2D eigenvalue weighted by atomic mass is 9.99. The highest BCUT2D eigenvalue weighted by Gasteiger charge is 2.15. The van der Waals surface area contributed by atoms with Crippen LogP contribution in [0.3, 0.4) is 0 Å². The van der Waals surface area contributed by atoms with Crippen LogP contribution in [0.5, 0.6) is 5.75 Å². The quantitative estimate of drug-likeness (QED) is 0.612. The molecule has 1 atom stereocenters. The average Bonchev–Trinajstić information content (AvgIpc) is 2.59. The third-order valence-electron chi connectivity index (χ3n) is 4.06. The zero-order chi connectivity index (χ0) is 18.2. The minimum atomic E-state index is -0.131. The molecular formula is C22H28O3. The highest BCUT2D eigenvalue weighted by Crippen LogP contribution is 2.17. The summed E-state index contributed by atoms with van der Waals surface area (Å²) in [6, 6.07) is 16.0. The van der Waals surface area contributed by atoms with Gasteiger partial charge in [0.2, 0.25) is 0 Å². The molecule has 0 aliphatic rings. The van der Waals surface area contributed by atoms with Gasteiger partial charge >= 0.3 is 5.97 Å². The number of carbonyl (C=O) groups excluding carboxylic acids is 1. The summed E-state index contributed by atoms with van der Waals surface area (Å²) < 4.78 is 11.2. The molecule has 0 saturated carbocycles. The summed E-state index contributed by atoms with van der Waals surface area (Å²) in [5.41, 5.74) is 3.35. The molecule has 0 amide bonds. The molecule has 0 heterocycles. The number of hydrogen-bond acceptors (Lipinski definition) is 3. The lowest BCUT2D eigenvalue weighted by Gasteiger charge is -2.13. The Morgan fingerprint density at radius 2 is 1.44 bits per heavy atom. The standard InChI is InChI=1S/C22H28O3/c1-16(2)13-18(4)22(23)25-15-20-9-11-21(12-10-20)24-14-19-7-5-17(3)6-8-19/h5-12,16,18H,13-15H2,1-4H3. The van der Waals surface area contributed by atoms with E-state index in [1.165, 1.54) is 5.56 Å². The zero-order valence-electron chi connectivity index (χ0n) is 15.6. The van der Waals surface area contributed by atoms with E-state index in [2.05, 4.69) is 45.0 Å². The van der Waals surface area contributed by atoms with Gasteiger partial charge in [-0.2, -0.15) is 0 Å². The molecule has 0 fully saturated rings. The van der Waals surface area contributed by atoms with Crippen LogP contribution in [0.15, 0.2) is 48.5 Å². The topological polar surface area (TPSA) is 35.5 Å². The molecule has 0 aliphatic heterocycles. The summed E-state index contributed by atoms with van der Waals surface area (Å²) in [7, 11) is 0. The van der Waals surface area contributed by atoms with Gasteiger partial charge in [0.05, 0.1) is 5.92 Å². The normalized spacial score (nSPS) is 12.0. The summed E-state index contributed by atoms with van der Waals surface area (Å²) in [4.78, 5) is 12.0. The fourth-order valence-corrected chi connectivity index (χ4v) is 2.63. The van der Waals surface area contributed by atoms with E-state index < -0.39 is 0 Å². The van der Waals surface area contributed by atoms with E-state index in [4.69, 9.17) is 9.47 Å². The van der Waals surface area contributed by atoms with Crippen molar-refractivity contribution in [3.05, 3.63) is 65.2 Å². The van der Waals surface area contributed by atoms with Gasteiger partial charge in [-0.15, -0.1) is 0 Å². The van der Waals surface area contributed by atoms with Crippen LogP contribution in [0.2, 0.25) is 0 Å². The maximum absolute atomic E-state index is 12.0. The Kier molecular flexibility index (Phi) is 7.05. The number of ether oxygens (including phenoxy) is 2. The summed E-state index contributed by atoms with van der Waals surface area (Å²) in [5.74, 6) is 1.11. The second kappa shape index (κ2) is 9.26. The number of rotatable bonds is 8. The first-order chi connectivity index (χ1) is 11.9. The van der Waals surface area contributed by atoms with Gasteiger partial charge in [0.25, 0.3) is 0 Å². The molecule has 0 saturated heterocycles. The summed E-state index contributed by atoms with van der Waals surface area (Å²) in [6.45, 7) is 9.06. The fraction of sp³-hybridized carbons (Fsp3) is 0.409. The van der Waals surface area contributed by atoms with E-state index in [0.29, 0.717) is 19.1 Å². The Morgan fingerprint density at radius 1 is 0.880 bits per heavy atom. The molecule has 1 unspecified atom stereocenters. The monoisotopic (exact) mass is 340 g/mol. The molecule has 2 rings (SSSR count). The van der Waals surface area contributed by atoms with Gasteiger partial charge in [-0.05, 0) is 42.5 Å². The van der Waals surface area contributed by atoms with Crippen molar-refractivity contribution < 1.29 is 14.3 Å². The zero-order valence-corrected chi connectivity index (χ0v) is 15.6. The van der Waals surface area contributed by atoms with Crippen LogP contribution in [0.1, 0.15) is 43.9 Å². The Hall–Kier alpha value is -2.29. The van der Waals surface area contributed by atoms with E-state index in [1.54, 1.807) is 0 Å². The van der Waals surface area contributed by atoms with Crippen LogP contribution < -0.4 is 4.74 Å². The lowest BCUT2D eigenvalue weighted by molar-refractivity contribution is -0.149. The molecule has 0 N–H and O–H groups in total. The van der Waals surface area contributed by atoms with Crippen molar-refractivity contribution in [1.82, 2.24) is 0 Å². The Balaban J connectivity index is 1.79. The van der Waals surface area contributed by atoms with Gasteiger partial charge in [-0.1, -0.05) is 62.7 Å². The Morgan fingerprint density at radius 3 is 2.04 bits per heavy atom. The smallest absolute Gasteiger partial charge is 0.308 e. The molecule has 3 heteroatoms. The molecule has 0 aliphatic carbocycles. The molecule has 0 spiro atoms. The van der Waals surface area contributed by atoms with Crippen molar-refractivity contribution in [2.24, 2.45) is 11.8 Å².